The van der Waals surface area contributed by atoms with Gasteiger partial charge in [0, 0.05) is 31.4 Å². The molecule has 0 spiro atoms. The normalized spacial score (nSPS) is 13.8. The van der Waals surface area contributed by atoms with Crippen molar-refractivity contribution in [2.24, 2.45) is 0 Å². The minimum absolute atomic E-state index is 0.0254. The topological polar surface area (TPSA) is 55.3 Å². The molecule has 1 aliphatic rings. The van der Waals surface area contributed by atoms with E-state index in [1.54, 1.807) is 23.5 Å². The minimum atomic E-state index is -0.0341. The number of carbonyl (C=O) groups excluding carboxylic acids is 1. The quantitative estimate of drug-likeness (QED) is 0.702. The Morgan fingerprint density at radius 1 is 1.27 bits per heavy atom. The highest BCUT2D eigenvalue weighted by Gasteiger charge is 2.22. The molecule has 1 amide bonds. The van der Waals surface area contributed by atoms with Gasteiger partial charge in [-0.15, -0.1) is 11.3 Å². The van der Waals surface area contributed by atoms with Crippen LogP contribution in [0.3, 0.4) is 0 Å². The maximum absolute atomic E-state index is 12.9. The van der Waals surface area contributed by atoms with E-state index in [0.717, 1.165) is 34.9 Å². The van der Waals surface area contributed by atoms with Gasteiger partial charge in [0.05, 0.1) is 18.8 Å². The molecule has 0 aliphatic carbocycles. The highest BCUT2D eigenvalue weighted by molar-refractivity contribution is 7.16. The van der Waals surface area contributed by atoms with Crippen molar-refractivity contribution in [1.29, 1.82) is 0 Å². The van der Waals surface area contributed by atoms with Crippen molar-refractivity contribution in [3.05, 3.63) is 64.9 Å². The lowest BCUT2D eigenvalue weighted by Crippen LogP contribution is -2.29. The predicted octanol–water partition coefficient (Wildman–Crippen LogP) is 3.97. The molecule has 1 aliphatic heterocycles. The second-order valence-corrected chi connectivity index (χ2v) is 7.35. The number of amides is 1. The summed E-state index contributed by atoms with van der Waals surface area (Å²) >= 11 is 1.42. The fraction of sp³-hybridized carbons (Fsp3) is 0.250. The van der Waals surface area contributed by atoms with Gasteiger partial charge in [0.1, 0.15) is 15.6 Å². The van der Waals surface area contributed by atoms with Crippen LogP contribution in [0.25, 0.3) is 10.6 Å². The van der Waals surface area contributed by atoms with E-state index in [4.69, 9.17) is 4.74 Å². The van der Waals surface area contributed by atoms with Gasteiger partial charge in [0.25, 0.3) is 5.91 Å². The summed E-state index contributed by atoms with van der Waals surface area (Å²) in [5.74, 6) is 0.926. The Kier molecular flexibility index (Phi) is 4.42. The van der Waals surface area contributed by atoms with Gasteiger partial charge in [-0.2, -0.15) is 0 Å². The number of hydrogen-bond donors (Lipinski definition) is 0. The number of pyridine rings is 1. The average Bonchev–Trinajstić information content (AvgIpc) is 3.35. The first kappa shape index (κ1) is 16.7. The van der Waals surface area contributed by atoms with Crippen molar-refractivity contribution in [2.75, 3.05) is 13.7 Å². The Morgan fingerprint density at radius 2 is 2.08 bits per heavy atom. The predicted molar refractivity (Wildman–Crippen MR) is 101 cm³/mol. The van der Waals surface area contributed by atoms with E-state index in [9.17, 15) is 4.79 Å². The molecule has 0 fully saturated rings. The van der Waals surface area contributed by atoms with Crippen molar-refractivity contribution < 1.29 is 9.53 Å². The minimum Gasteiger partial charge on any atom is -0.493 e. The second-order valence-electron chi connectivity index (χ2n) is 6.32. The molecule has 5 nitrogen and oxygen atoms in total. The third kappa shape index (κ3) is 3.08. The van der Waals surface area contributed by atoms with Crippen LogP contribution < -0.4 is 4.74 Å². The summed E-state index contributed by atoms with van der Waals surface area (Å²) in [5, 5.41) is 0.855. The molecule has 0 bridgehead atoms. The number of rotatable bonds is 4. The van der Waals surface area contributed by atoms with Crippen LogP contribution >= 0.6 is 11.3 Å². The zero-order valence-electron chi connectivity index (χ0n) is 14.7. The number of hydrogen-bond acceptors (Lipinski definition) is 5. The molecule has 1 atom stereocenters. The summed E-state index contributed by atoms with van der Waals surface area (Å²) < 4.78 is 5.55. The van der Waals surface area contributed by atoms with E-state index in [-0.39, 0.29) is 11.9 Å². The van der Waals surface area contributed by atoms with Crippen LogP contribution in [0.2, 0.25) is 0 Å². The molecule has 1 unspecified atom stereocenters. The van der Waals surface area contributed by atoms with Gasteiger partial charge in [-0.1, -0.05) is 0 Å². The fourth-order valence-electron chi connectivity index (χ4n) is 3.04. The Morgan fingerprint density at radius 3 is 2.88 bits per heavy atom. The monoisotopic (exact) mass is 365 g/mol. The second kappa shape index (κ2) is 6.88. The third-order valence-electron chi connectivity index (χ3n) is 4.74. The Balaban J connectivity index is 1.55. The zero-order valence-corrected chi connectivity index (χ0v) is 15.5. The largest absolute Gasteiger partial charge is 0.493 e. The maximum atomic E-state index is 12.9. The number of ether oxygens (including phenoxy) is 1. The molecule has 3 heterocycles. The molecule has 132 valence electrons. The van der Waals surface area contributed by atoms with Crippen LogP contribution in [-0.2, 0) is 6.42 Å². The summed E-state index contributed by atoms with van der Waals surface area (Å²) in [5.41, 5.74) is 3.29. The van der Waals surface area contributed by atoms with Crippen molar-refractivity contribution in [2.45, 2.75) is 19.4 Å². The Hall–Kier alpha value is -2.73. The Labute approximate surface area is 156 Å². The van der Waals surface area contributed by atoms with Crippen LogP contribution in [0, 0.1) is 0 Å². The number of fused-ring (bicyclic) bond motifs is 1. The number of carbonyl (C=O) groups is 1. The van der Waals surface area contributed by atoms with E-state index >= 15 is 0 Å². The van der Waals surface area contributed by atoms with E-state index in [1.807, 2.05) is 38.2 Å². The first-order valence-corrected chi connectivity index (χ1v) is 9.34. The molecule has 2 aromatic heterocycles. The smallest absolute Gasteiger partial charge is 0.265 e. The molecule has 26 heavy (non-hydrogen) atoms. The molecule has 0 saturated heterocycles. The molecule has 3 aromatic rings. The standard InChI is InChI=1S/C20H19N3O2S/c1-13(14-5-8-21-9-6-14)23(2)20(24)18-12-22-19(26-18)16-3-4-17-15(11-16)7-10-25-17/h3-6,8-9,11-13H,7,10H2,1-2H3. The summed E-state index contributed by atoms with van der Waals surface area (Å²) in [7, 11) is 1.82. The van der Waals surface area contributed by atoms with Crippen molar-refractivity contribution in [1.82, 2.24) is 14.9 Å². The van der Waals surface area contributed by atoms with Gasteiger partial charge in [0.2, 0.25) is 0 Å². The number of benzene rings is 1. The zero-order chi connectivity index (χ0) is 18.1. The van der Waals surface area contributed by atoms with Crippen LogP contribution in [-0.4, -0.2) is 34.4 Å². The molecule has 1 aromatic carbocycles. The molecule has 0 saturated carbocycles. The number of nitrogens with zero attached hydrogens (tertiary/aromatic N) is 3. The highest BCUT2D eigenvalue weighted by Crippen LogP contribution is 2.33. The van der Waals surface area contributed by atoms with Gasteiger partial charge >= 0.3 is 0 Å². The van der Waals surface area contributed by atoms with E-state index in [1.165, 1.54) is 16.9 Å². The van der Waals surface area contributed by atoms with Crippen LogP contribution in [0.4, 0.5) is 0 Å². The van der Waals surface area contributed by atoms with Crippen LogP contribution in [0.5, 0.6) is 5.75 Å². The van der Waals surface area contributed by atoms with Crippen molar-refractivity contribution in [3.8, 4) is 16.3 Å². The third-order valence-corrected chi connectivity index (χ3v) is 5.78. The molecule has 6 heteroatoms. The maximum Gasteiger partial charge on any atom is 0.265 e. The highest BCUT2D eigenvalue weighted by atomic mass is 32.1. The van der Waals surface area contributed by atoms with E-state index in [0.29, 0.717) is 4.88 Å². The summed E-state index contributed by atoms with van der Waals surface area (Å²) in [6.45, 7) is 2.74. The molecular formula is C20H19N3O2S. The van der Waals surface area contributed by atoms with Crippen molar-refractivity contribution in [3.63, 3.8) is 0 Å². The van der Waals surface area contributed by atoms with E-state index < -0.39 is 0 Å². The van der Waals surface area contributed by atoms with Crippen molar-refractivity contribution >= 4 is 17.2 Å². The van der Waals surface area contributed by atoms with Gasteiger partial charge in [-0.05, 0) is 48.4 Å². The number of aromatic nitrogens is 2. The fourth-order valence-corrected chi connectivity index (χ4v) is 3.94. The average molecular weight is 365 g/mol. The molecule has 0 radical (unpaired) electrons. The lowest BCUT2D eigenvalue weighted by Gasteiger charge is -2.24. The van der Waals surface area contributed by atoms with Gasteiger partial charge < -0.3 is 9.64 Å². The Bertz CT molecular complexity index is 939. The SMILES string of the molecule is CC(c1ccncc1)N(C)C(=O)c1cnc(-c2ccc3c(c2)CCO3)s1. The number of thiazole rings is 1. The first-order chi connectivity index (χ1) is 12.6. The van der Waals surface area contributed by atoms with Gasteiger partial charge in [0.15, 0.2) is 0 Å². The van der Waals surface area contributed by atoms with Crippen LogP contribution in [0.15, 0.2) is 48.9 Å². The summed E-state index contributed by atoms with van der Waals surface area (Å²) in [6, 6.07) is 9.92. The van der Waals surface area contributed by atoms with Crippen LogP contribution in [0.1, 0.15) is 33.8 Å². The molecule has 0 N–H and O–H groups in total. The van der Waals surface area contributed by atoms with Gasteiger partial charge in [-0.25, -0.2) is 4.98 Å². The summed E-state index contributed by atoms with van der Waals surface area (Å²) in [6.07, 6.45) is 6.08. The molecule has 4 rings (SSSR count). The lowest BCUT2D eigenvalue weighted by molar-refractivity contribution is 0.0747. The first-order valence-electron chi connectivity index (χ1n) is 8.52. The summed E-state index contributed by atoms with van der Waals surface area (Å²) in [4.78, 5) is 23.7. The van der Waals surface area contributed by atoms with Gasteiger partial charge in [-0.3, -0.25) is 9.78 Å². The molecular weight excluding hydrogens is 346 g/mol. The van der Waals surface area contributed by atoms with E-state index in [2.05, 4.69) is 16.0 Å². The lowest BCUT2D eigenvalue weighted by atomic mass is 10.1.